The van der Waals surface area contributed by atoms with Crippen LogP contribution >= 0.6 is 0 Å². The smallest absolute Gasteiger partial charge is 0.269 e. The van der Waals surface area contributed by atoms with Crippen LogP contribution in [0.5, 0.6) is 0 Å². The number of nitrogens with one attached hydrogen (secondary N) is 2. The summed E-state index contributed by atoms with van der Waals surface area (Å²) in [5.41, 5.74) is 1.05. The highest BCUT2D eigenvalue weighted by atomic mass is 16.6. The third kappa shape index (κ3) is 7.82. The molecule has 1 fully saturated rings. The molecule has 0 aliphatic carbocycles. The molecular formula is C20H33N5O3. The first-order valence-corrected chi connectivity index (χ1v) is 10.1. The average molecular weight is 392 g/mol. The summed E-state index contributed by atoms with van der Waals surface area (Å²) in [7, 11) is 1.70. The van der Waals surface area contributed by atoms with E-state index in [1.165, 1.54) is 25.1 Å². The number of hydrogen-bond acceptors (Lipinski definition) is 5. The first kappa shape index (κ1) is 22.1. The molecule has 0 aromatic heterocycles. The quantitative estimate of drug-likeness (QED) is 0.209. The number of guanidine groups is 1. The summed E-state index contributed by atoms with van der Waals surface area (Å²) in [6.45, 7) is 7.59. The molecule has 0 unspecified atom stereocenters. The molecule has 0 bridgehead atoms. The fourth-order valence-corrected chi connectivity index (χ4v) is 3.28. The molecule has 2 rings (SSSR count). The van der Waals surface area contributed by atoms with Gasteiger partial charge in [-0.15, -0.1) is 0 Å². The second-order valence-electron chi connectivity index (χ2n) is 7.12. The molecule has 1 heterocycles. The zero-order valence-corrected chi connectivity index (χ0v) is 17.0. The van der Waals surface area contributed by atoms with Gasteiger partial charge in [0, 0.05) is 51.5 Å². The molecule has 0 saturated carbocycles. The average Bonchev–Trinajstić information content (AvgIpc) is 2.71. The third-order valence-corrected chi connectivity index (χ3v) is 4.85. The summed E-state index contributed by atoms with van der Waals surface area (Å²) in [6, 6.07) is 6.97. The molecule has 1 aliphatic rings. The maximum atomic E-state index is 10.8. The topological polar surface area (TPSA) is 92.0 Å². The van der Waals surface area contributed by atoms with E-state index in [0.29, 0.717) is 19.2 Å². The van der Waals surface area contributed by atoms with Gasteiger partial charge >= 0.3 is 0 Å². The number of nitrogens with zero attached hydrogens (tertiary/aromatic N) is 3. The molecule has 8 heteroatoms. The Morgan fingerprint density at radius 1 is 1.32 bits per heavy atom. The van der Waals surface area contributed by atoms with Gasteiger partial charge in [0.05, 0.1) is 11.5 Å². The van der Waals surface area contributed by atoms with Crippen molar-refractivity contribution in [3.63, 3.8) is 0 Å². The predicted molar refractivity (Wildman–Crippen MR) is 112 cm³/mol. The second kappa shape index (κ2) is 12.3. The Balaban J connectivity index is 1.92. The van der Waals surface area contributed by atoms with Gasteiger partial charge in [-0.25, -0.2) is 4.99 Å². The first-order valence-electron chi connectivity index (χ1n) is 10.1. The SMILES string of the molecule is CCCN1CCC(NC(=NCc2ccc([N+](=O)[O-])cc2)NCCCOC)CC1. The van der Waals surface area contributed by atoms with Crippen LogP contribution in [0.4, 0.5) is 5.69 Å². The molecule has 1 aliphatic heterocycles. The van der Waals surface area contributed by atoms with Crippen molar-refractivity contribution < 1.29 is 9.66 Å². The highest BCUT2D eigenvalue weighted by Gasteiger charge is 2.19. The molecule has 0 amide bonds. The summed E-state index contributed by atoms with van der Waals surface area (Å²) in [5, 5.41) is 17.7. The number of likely N-dealkylation sites (tertiary alicyclic amines) is 1. The van der Waals surface area contributed by atoms with E-state index in [0.717, 1.165) is 50.4 Å². The fourth-order valence-electron chi connectivity index (χ4n) is 3.28. The Labute approximate surface area is 167 Å². The minimum absolute atomic E-state index is 0.0996. The Kier molecular flexibility index (Phi) is 9.71. The van der Waals surface area contributed by atoms with Crippen molar-refractivity contribution in [1.82, 2.24) is 15.5 Å². The van der Waals surface area contributed by atoms with Crippen LogP contribution in [0.3, 0.4) is 0 Å². The van der Waals surface area contributed by atoms with Crippen LogP contribution in [-0.4, -0.2) is 61.7 Å². The van der Waals surface area contributed by atoms with Gasteiger partial charge in [0.25, 0.3) is 5.69 Å². The van der Waals surface area contributed by atoms with Gasteiger partial charge in [0.1, 0.15) is 0 Å². The van der Waals surface area contributed by atoms with Crippen LogP contribution in [-0.2, 0) is 11.3 Å². The van der Waals surface area contributed by atoms with Crippen LogP contribution in [0.2, 0.25) is 0 Å². The van der Waals surface area contributed by atoms with Crippen molar-refractivity contribution in [3.05, 3.63) is 39.9 Å². The van der Waals surface area contributed by atoms with E-state index in [2.05, 4.69) is 27.4 Å². The minimum Gasteiger partial charge on any atom is -0.385 e. The summed E-state index contributed by atoms with van der Waals surface area (Å²) in [6.07, 6.45) is 4.32. The van der Waals surface area contributed by atoms with Crippen molar-refractivity contribution in [1.29, 1.82) is 0 Å². The van der Waals surface area contributed by atoms with Crippen LogP contribution in [0, 0.1) is 10.1 Å². The molecule has 0 spiro atoms. The number of ether oxygens (including phenoxy) is 1. The Morgan fingerprint density at radius 3 is 2.64 bits per heavy atom. The van der Waals surface area contributed by atoms with Gasteiger partial charge in [-0.3, -0.25) is 10.1 Å². The number of piperidine rings is 1. The number of non-ortho nitro benzene ring substituents is 1. The van der Waals surface area contributed by atoms with E-state index in [-0.39, 0.29) is 10.6 Å². The van der Waals surface area contributed by atoms with E-state index in [1.807, 2.05) is 0 Å². The van der Waals surface area contributed by atoms with E-state index in [1.54, 1.807) is 19.2 Å². The number of methoxy groups -OCH3 is 1. The van der Waals surface area contributed by atoms with E-state index in [9.17, 15) is 10.1 Å². The lowest BCUT2D eigenvalue weighted by atomic mass is 10.1. The molecule has 28 heavy (non-hydrogen) atoms. The molecule has 1 aromatic rings. The predicted octanol–water partition coefficient (Wildman–Crippen LogP) is 2.54. The van der Waals surface area contributed by atoms with Crippen LogP contribution in [0.1, 0.15) is 38.2 Å². The highest BCUT2D eigenvalue weighted by molar-refractivity contribution is 5.80. The summed E-state index contributed by atoms with van der Waals surface area (Å²) in [4.78, 5) is 17.6. The molecule has 1 aromatic carbocycles. The molecule has 2 N–H and O–H groups in total. The van der Waals surface area contributed by atoms with Gasteiger partial charge in [-0.05, 0) is 37.8 Å². The number of nitro benzene ring substituents is 1. The lowest BCUT2D eigenvalue weighted by molar-refractivity contribution is -0.384. The summed E-state index contributed by atoms with van der Waals surface area (Å²) < 4.78 is 5.11. The number of nitro groups is 1. The van der Waals surface area contributed by atoms with Crippen molar-refractivity contribution in [2.45, 2.75) is 45.2 Å². The molecular weight excluding hydrogens is 358 g/mol. The summed E-state index contributed by atoms with van der Waals surface area (Å²) >= 11 is 0. The third-order valence-electron chi connectivity index (χ3n) is 4.85. The lowest BCUT2D eigenvalue weighted by Crippen LogP contribution is -2.49. The zero-order valence-electron chi connectivity index (χ0n) is 17.0. The largest absolute Gasteiger partial charge is 0.385 e. The van der Waals surface area contributed by atoms with Crippen molar-refractivity contribution in [2.75, 3.05) is 39.9 Å². The number of hydrogen-bond donors (Lipinski definition) is 2. The fraction of sp³-hybridized carbons (Fsp3) is 0.650. The monoisotopic (exact) mass is 391 g/mol. The number of rotatable bonds is 10. The van der Waals surface area contributed by atoms with E-state index >= 15 is 0 Å². The Hall–Kier alpha value is -2.19. The number of aliphatic imine (C=N–C) groups is 1. The first-order chi connectivity index (χ1) is 13.6. The Morgan fingerprint density at radius 2 is 2.04 bits per heavy atom. The van der Waals surface area contributed by atoms with Gasteiger partial charge in [-0.2, -0.15) is 0 Å². The van der Waals surface area contributed by atoms with Crippen LogP contribution < -0.4 is 10.6 Å². The zero-order chi connectivity index (χ0) is 20.2. The van der Waals surface area contributed by atoms with Crippen molar-refractivity contribution in [3.8, 4) is 0 Å². The van der Waals surface area contributed by atoms with E-state index in [4.69, 9.17) is 4.74 Å². The van der Waals surface area contributed by atoms with Crippen molar-refractivity contribution in [2.24, 2.45) is 4.99 Å². The highest BCUT2D eigenvalue weighted by Crippen LogP contribution is 2.13. The molecule has 0 atom stereocenters. The normalized spacial score (nSPS) is 16.1. The summed E-state index contributed by atoms with van der Waals surface area (Å²) in [5.74, 6) is 0.795. The standard InChI is InChI=1S/C20H33N5O3/c1-3-12-24-13-9-18(10-14-24)23-20(21-11-4-15-28-2)22-16-17-5-7-19(8-6-17)25(26)27/h5-8,18H,3-4,9-16H2,1-2H3,(H2,21,22,23). The van der Waals surface area contributed by atoms with Gasteiger partial charge in [0.15, 0.2) is 5.96 Å². The minimum atomic E-state index is -0.387. The van der Waals surface area contributed by atoms with Crippen LogP contribution in [0.25, 0.3) is 0 Å². The van der Waals surface area contributed by atoms with Gasteiger partial charge in [-0.1, -0.05) is 19.1 Å². The lowest BCUT2D eigenvalue weighted by Gasteiger charge is -2.32. The molecule has 8 nitrogen and oxygen atoms in total. The van der Waals surface area contributed by atoms with E-state index < -0.39 is 0 Å². The van der Waals surface area contributed by atoms with Crippen LogP contribution in [0.15, 0.2) is 29.3 Å². The number of benzene rings is 1. The molecule has 1 saturated heterocycles. The Bertz CT molecular complexity index is 613. The second-order valence-corrected chi connectivity index (χ2v) is 7.12. The molecule has 156 valence electrons. The van der Waals surface area contributed by atoms with Gasteiger partial charge in [0.2, 0.25) is 0 Å². The maximum Gasteiger partial charge on any atom is 0.269 e. The maximum absolute atomic E-state index is 10.8. The van der Waals surface area contributed by atoms with Crippen molar-refractivity contribution >= 4 is 11.6 Å². The van der Waals surface area contributed by atoms with Gasteiger partial charge < -0.3 is 20.3 Å². The molecule has 0 radical (unpaired) electrons.